The zero-order valence-corrected chi connectivity index (χ0v) is 19.9. The molecule has 0 aliphatic carbocycles. The lowest BCUT2D eigenvalue weighted by Gasteiger charge is -2.34. The Labute approximate surface area is 200 Å². The predicted molar refractivity (Wildman–Crippen MR) is 132 cm³/mol. The van der Waals surface area contributed by atoms with E-state index >= 15 is 0 Å². The van der Waals surface area contributed by atoms with Crippen LogP contribution in [0.4, 0.5) is 11.4 Å². The molecule has 0 saturated carbocycles. The Bertz CT molecular complexity index is 965. The number of hydrogen-bond acceptors (Lipinski definition) is 4. The molecule has 0 bridgehead atoms. The van der Waals surface area contributed by atoms with Crippen molar-refractivity contribution < 1.29 is 14.3 Å². The average molecular weight is 470 g/mol. The van der Waals surface area contributed by atoms with Crippen LogP contribution in [0.5, 0.6) is 5.75 Å². The van der Waals surface area contributed by atoms with Crippen LogP contribution in [0.25, 0.3) is 0 Å². The van der Waals surface area contributed by atoms with Crippen molar-refractivity contribution in [3.05, 3.63) is 53.1 Å². The molecular weight excluding hydrogens is 438 g/mol. The van der Waals surface area contributed by atoms with Gasteiger partial charge in [0.05, 0.1) is 5.56 Å². The molecule has 1 N–H and O–H groups in total. The van der Waals surface area contributed by atoms with Gasteiger partial charge in [-0.15, -0.1) is 0 Å². The highest BCUT2D eigenvalue weighted by Gasteiger charge is 2.26. The Hall–Kier alpha value is -2.73. The summed E-state index contributed by atoms with van der Waals surface area (Å²) in [5.74, 6) is 1.00. The monoisotopic (exact) mass is 469 g/mol. The molecule has 33 heavy (non-hydrogen) atoms. The summed E-state index contributed by atoms with van der Waals surface area (Å²) >= 11 is 5.88. The van der Waals surface area contributed by atoms with Crippen molar-refractivity contribution in [2.24, 2.45) is 5.92 Å². The molecule has 0 aromatic heterocycles. The van der Waals surface area contributed by atoms with Gasteiger partial charge in [0.15, 0.2) is 6.61 Å². The van der Waals surface area contributed by atoms with E-state index in [9.17, 15) is 9.59 Å². The summed E-state index contributed by atoms with van der Waals surface area (Å²) in [6, 6.07) is 12.5. The Morgan fingerprint density at radius 2 is 1.70 bits per heavy atom. The molecule has 2 heterocycles. The average Bonchev–Trinajstić information content (AvgIpc) is 2.84. The van der Waals surface area contributed by atoms with Crippen LogP contribution in [0.3, 0.4) is 0 Å². The van der Waals surface area contributed by atoms with E-state index in [4.69, 9.17) is 16.3 Å². The Kier molecular flexibility index (Phi) is 7.76. The number of ether oxygens (including phenoxy) is 1. The summed E-state index contributed by atoms with van der Waals surface area (Å²) in [4.78, 5) is 30.2. The number of likely N-dealkylation sites (tertiary alicyclic amines) is 1. The number of anilines is 2. The first-order chi connectivity index (χ1) is 16.0. The fraction of sp³-hybridized carbons (Fsp3) is 0.462. The van der Waals surface area contributed by atoms with Crippen molar-refractivity contribution in [1.29, 1.82) is 0 Å². The van der Waals surface area contributed by atoms with Gasteiger partial charge in [-0.3, -0.25) is 9.59 Å². The number of carbonyl (C=O) groups is 2. The van der Waals surface area contributed by atoms with Gasteiger partial charge < -0.3 is 19.9 Å². The van der Waals surface area contributed by atoms with Crippen LogP contribution in [0.15, 0.2) is 42.5 Å². The Balaban J connectivity index is 1.48. The molecule has 0 radical (unpaired) electrons. The van der Waals surface area contributed by atoms with E-state index in [2.05, 4.69) is 17.1 Å². The number of rotatable bonds is 6. The fourth-order valence-electron chi connectivity index (χ4n) is 4.45. The van der Waals surface area contributed by atoms with Gasteiger partial charge in [0, 0.05) is 42.6 Å². The number of halogens is 1. The van der Waals surface area contributed by atoms with Crippen molar-refractivity contribution in [1.82, 2.24) is 4.90 Å². The summed E-state index contributed by atoms with van der Waals surface area (Å²) in [6.45, 7) is 5.60. The first-order valence-corrected chi connectivity index (χ1v) is 12.2. The van der Waals surface area contributed by atoms with Crippen LogP contribution in [0.2, 0.25) is 5.02 Å². The second-order valence-corrected chi connectivity index (χ2v) is 9.48. The van der Waals surface area contributed by atoms with Crippen molar-refractivity contribution in [2.45, 2.75) is 39.0 Å². The van der Waals surface area contributed by atoms with E-state index in [1.807, 2.05) is 23.1 Å². The van der Waals surface area contributed by atoms with Gasteiger partial charge in [0.1, 0.15) is 5.75 Å². The third-order valence-corrected chi connectivity index (χ3v) is 6.71. The van der Waals surface area contributed by atoms with Gasteiger partial charge in [0.25, 0.3) is 11.8 Å². The van der Waals surface area contributed by atoms with Crippen LogP contribution in [0.1, 0.15) is 49.4 Å². The van der Waals surface area contributed by atoms with Crippen molar-refractivity contribution in [2.75, 3.05) is 43.0 Å². The van der Waals surface area contributed by atoms with Crippen molar-refractivity contribution in [3.8, 4) is 5.75 Å². The third-order valence-electron chi connectivity index (χ3n) is 6.46. The highest BCUT2D eigenvalue weighted by Crippen LogP contribution is 2.30. The maximum atomic E-state index is 13.5. The smallest absolute Gasteiger partial charge is 0.262 e. The molecule has 2 amide bonds. The maximum absolute atomic E-state index is 13.5. The standard InChI is InChI=1S/C26H32ClN3O3/c1-19-11-15-30(16-12-19)26(32)23-17-21(7-10-24(23)29-13-3-2-4-14-29)28-25(31)18-33-22-8-5-20(27)6-9-22/h5-10,17,19H,2-4,11-16,18H2,1H3,(H,28,31). The number of benzene rings is 2. The van der Waals surface area contributed by atoms with Crippen LogP contribution in [-0.2, 0) is 4.79 Å². The molecule has 7 heteroatoms. The number of hydrogen-bond donors (Lipinski definition) is 1. The van der Waals surface area contributed by atoms with E-state index in [1.54, 1.807) is 24.3 Å². The molecule has 2 aliphatic rings. The predicted octanol–water partition coefficient (Wildman–Crippen LogP) is 5.22. The molecule has 2 aliphatic heterocycles. The Morgan fingerprint density at radius 1 is 1.00 bits per heavy atom. The summed E-state index contributed by atoms with van der Waals surface area (Å²) in [5.41, 5.74) is 2.24. The number of piperidine rings is 2. The first-order valence-electron chi connectivity index (χ1n) is 11.9. The molecule has 2 aromatic rings. The van der Waals surface area contributed by atoms with Crippen LogP contribution in [-0.4, -0.2) is 49.5 Å². The molecule has 6 nitrogen and oxygen atoms in total. The SMILES string of the molecule is CC1CCN(C(=O)c2cc(NC(=O)COc3ccc(Cl)cc3)ccc2N2CCCCC2)CC1. The second kappa shape index (κ2) is 10.9. The molecule has 0 unspecified atom stereocenters. The van der Waals surface area contributed by atoms with E-state index in [0.717, 1.165) is 57.5 Å². The highest BCUT2D eigenvalue weighted by molar-refractivity contribution is 6.30. The van der Waals surface area contributed by atoms with Gasteiger partial charge in [-0.2, -0.15) is 0 Å². The van der Waals surface area contributed by atoms with Gasteiger partial charge in [-0.05, 0) is 80.5 Å². The minimum absolute atomic E-state index is 0.0518. The van der Waals surface area contributed by atoms with Gasteiger partial charge in [-0.25, -0.2) is 0 Å². The zero-order chi connectivity index (χ0) is 23.2. The minimum atomic E-state index is -0.277. The fourth-order valence-corrected chi connectivity index (χ4v) is 4.58. The lowest BCUT2D eigenvalue weighted by atomic mass is 9.98. The third kappa shape index (κ3) is 6.20. The molecule has 0 spiro atoms. The van der Waals surface area contributed by atoms with E-state index < -0.39 is 0 Å². The topological polar surface area (TPSA) is 61.9 Å². The van der Waals surface area contributed by atoms with E-state index in [0.29, 0.717) is 27.9 Å². The number of amides is 2. The zero-order valence-electron chi connectivity index (χ0n) is 19.2. The lowest BCUT2D eigenvalue weighted by Crippen LogP contribution is -2.39. The lowest BCUT2D eigenvalue weighted by molar-refractivity contribution is -0.118. The maximum Gasteiger partial charge on any atom is 0.262 e. The first kappa shape index (κ1) is 23.4. The molecule has 4 rings (SSSR count). The normalized spacial score (nSPS) is 17.0. The second-order valence-electron chi connectivity index (χ2n) is 9.05. The van der Waals surface area contributed by atoms with Crippen molar-refractivity contribution in [3.63, 3.8) is 0 Å². The van der Waals surface area contributed by atoms with Gasteiger partial charge in [-0.1, -0.05) is 18.5 Å². The minimum Gasteiger partial charge on any atom is -0.484 e. The molecule has 2 aromatic carbocycles. The summed E-state index contributed by atoms with van der Waals surface area (Å²) in [6.07, 6.45) is 5.56. The van der Waals surface area contributed by atoms with E-state index in [1.165, 1.54) is 6.42 Å². The van der Waals surface area contributed by atoms with Gasteiger partial charge >= 0.3 is 0 Å². The molecule has 0 atom stereocenters. The van der Waals surface area contributed by atoms with Crippen LogP contribution < -0.4 is 15.0 Å². The summed E-state index contributed by atoms with van der Waals surface area (Å²) in [7, 11) is 0. The number of carbonyl (C=O) groups excluding carboxylic acids is 2. The Morgan fingerprint density at radius 3 is 2.39 bits per heavy atom. The highest BCUT2D eigenvalue weighted by atomic mass is 35.5. The van der Waals surface area contributed by atoms with Crippen molar-refractivity contribution >= 4 is 34.8 Å². The number of nitrogens with one attached hydrogen (secondary N) is 1. The molecule has 176 valence electrons. The molecule has 2 saturated heterocycles. The van der Waals surface area contributed by atoms with Crippen LogP contribution >= 0.6 is 11.6 Å². The van der Waals surface area contributed by atoms with E-state index in [-0.39, 0.29) is 18.4 Å². The molecule has 2 fully saturated rings. The molecular formula is C26H32ClN3O3. The van der Waals surface area contributed by atoms with Gasteiger partial charge in [0.2, 0.25) is 0 Å². The quantitative estimate of drug-likeness (QED) is 0.630. The largest absolute Gasteiger partial charge is 0.484 e. The number of nitrogens with zero attached hydrogens (tertiary/aromatic N) is 2. The summed E-state index contributed by atoms with van der Waals surface area (Å²) in [5, 5.41) is 3.49. The summed E-state index contributed by atoms with van der Waals surface area (Å²) < 4.78 is 5.54. The van der Waals surface area contributed by atoms with Crippen LogP contribution in [0, 0.1) is 5.92 Å².